The van der Waals surface area contributed by atoms with Crippen molar-refractivity contribution in [3.8, 4) is 6.07 Å². The van der Waals surface area contributed by atoms with E-state index in [-0.39, 0.29) is 12.2 Å². The fourth-order valence-corrected chi connectivity index (χ4v) is 3.91. The van der Waals surface area contributed by atoms with Crippen LogP contribution in [-0.4, -0.2) is 17.3 Å². The zero-order chi connectivity index (χ0) is 13.7. The molecule has 1 aromatic carbocycles. The molecule has 3 aliphatic rings. The van der Waals surface area contributed by atoms with Gasteiger partial charge < -0.3 is 9.84 Å². The molecule has 1 N–H and O–H groups in total. The molecular weight excluding hydrogens is 250 g/mol. The van der Waals surface area contributed by atoms with Gasteiger partial charge in [0.15, 0.2) is 0 Å². The van der Waals surface area contributed by atoms with Crippen LogP contribution in [0.2, 0.25) is 0 Å². The average molecular weight is 269 g/mol. The van der Waals surface area contributed by atoms with Crippen LogP contribution >= 0.6 is 0 Å². The summed E-state index contributed by atoms with van der Waals surface area (Å²) in [4.78, 5) is 0. The predicted molar refractivity (Wildman–Crippen MR) is 73.9 cm³/mol. The van der Waals surface area contributed by atoms with Gasteiger partial charge in [-0.25, -0.2) is 0 Å². The van der Waals surface area contributed by atoms with Gasteiger partial charge in [0.25, 0.3) is 0 Å². The largest absolute Gasteiger partial charge is 0.387 e. The third-order valence-corrected chi connectivity index (χ3v) is 5.22. The first-order valence-corrected chi connectivity index (χ1v) is 7.57. The van der Waals surface area contributed by atoms with Crippen LogP contribution in [0.25, 0.3) is 0 Å². The number of fused-ring (bicyclic) bond motifs is 2. The van der Waals surface area contributed by atoms with E-state index >= 15 is 0 Å². The highest BCUT2D eigenvalue weighted by atomic mass is 16.5. The molecule has 20 heavy (non-hydrogen) atoms. The second kappa shape index (κ2) is 4.31. The van der Waals surface area contributed by atoms with Crippen molar-refractivity contribution in [3.05, 3.63) is 35.4 Å². The molecular formula is C17H19NO2. The van der Waals surface area contributed by atoms with Crippen LogP contribution in [0.5, 0.6) is 0 Å². The molecule has 1 aliphatic carbocycles. The van der Waals surface area contributed by atoms with Crippen LogP contribution in [0, 0.1) is 16.7 Å². The number of hydrogen-bond donors (Lipinski definition) is 1. The lowest BCUT2D eigenvalue weighted by atomic mass is 9.69. The molecule has 0 radical (unpaired) electrons. The van der Waals surface area contributed by atoms with Gasteiger partial charge >= 0.3 is 0 Å². The van der Waals surface area contributed by atoms with Crippen molar-refractivity contribution in [2.45, 2.75) is 56.3 Å². The number of aliphatic hydroxyl groups excluding tert-OH is 1. The van der Waals surface area contributed by atoms with Crippen LogP contribution in [0.1, 0.15) is 55.3 Å². The monoisotopic (exact) mass is 269 g/mol. The minimum Gasteiger partial charge on any atom is -0.387 e. The molecule has 2 bridgehead atoms. The van der Waals surface area contributed by atoms with Gasteiger partial charge in [0, 0.05) is 0 Å². The van der Waals surface area contributed by atoms with Crippen molar-refractivity contribution >= 4 is 0 Å². The molecule has 1 saturated carbocycles. The number of rotatable bonds is 3. The SMILES string of the molecule is N#CC1(C(O)c2cccc(C3CC3)c2)CC2CCC1O2. The molecule has 0 amide bonds. The summed E-state index contributed by atoms with van der Waals surface area (Å²) < 4.78 is 5.83. The number of benzene rings is 1. The minimum absolute atomic E-state index is 0.0999. The Morgan fingerprint density at radius 1 is 1.30 bits per heavy atom. The molecule has 3 nitrogen and oxygen atoms in total. The summed E-state index contributed by atoms with van der Waals surface area (Å²) in [5.74, 6) is 0.663. The Balaban J connectivity index is 1.67. The first-order valence-electron chi connectivity index (χ1n) is 7.57. The second-order valence-electron chi connectivity index (χ2n) is 6.53. The molecule has 4 unspecified atom stereocenters. The molecule has 0 aromatic heterocycles. The van der Waals surface area contributed by atoms with E-state index in [9.17, 15) is 10.4 Å². The van der Waals surface area contributed by atoms with Crippen molar-refractivity contribution in [1.29, 1.82) is 5.26 Å². The summed E-state index contributed by atoms with van der Waals surface area (Å²) in [5, 5.41) is 20.5. The van der Waals surface area contributed by atoms with Crippen molar-refractivity contribution in [2.24, 2.45) is 5.41 Å². The lowest BCUT2D eigenvalue weighted by Gasteiger charge is -2.33. The van der Waals surface area contributed by atoms with E-state index < -0.39 is 11.5 Å². The van der Waals surface area contributed by atoms with Crippen LogP contribution in [0.4, 0.5) is 0 Å². The quantitative estimate of drug-likeness (QED) is 0.917. The van der Waals surface area contributed by atoms with E-state index in [0.717, 1.165) is 18.4 Å². The summed E-state index contributed by atoms with van der Waals surface area (Å²) in [5.41, 5.74) is 1.44. The summed E-state index contributed by atoms with van der Waals surface area (Å²) in [6, 6.07) is 10.6. The Labute approximate surface area is 119 Å². The molecule has 0 spiro atoms. The molecule has 3 heteroatoms. The maximum absolute atomic E-state index is 10.8. The number of ether oxygens (including phenoxy) is 1. The predicted octanol–water partition coefficient (Wildman–Crippen LogP) is 3.06. The van der Waals surface area contributed by atoms with Gasteiger partial charge in [0.05, 0.1) is 18.3 Å². The maximum Gasteiger partial charge on any atom is 0.116 e. The summed E-state index contributed by atoms with van der Waals surface area (Å²) in [7, 11) is 0. The standard InChI is InChI=1S/C17H19NO2/c18-10-17(9-14-6-7-15(17)20-14)16(19)13-3-1-2-12(8-13)11-4-5-11/h1-3,8,11,14-16,19H,4-7,9H2. The van der Waals surface area contributed by atoms with Crippen molar-refractivity contribution in [3.63, 3.8) is 0 Å². The molecule has 4 atom stereocenters. The van der Waals surface area contributed by atoms with Crippen LogP contribution in [0.3, 0.4) is 0 Å². The topological polar surface area (TPSA) is 53.2 Å². The molecule has 2 aliphatic heterocycles. The Bertz CT molecular complexity index is 575. The fourth-order valence-electron chi connectivity index (χ4n) is 3.91. The highest BCUT2D eigenvalue weighted by Crippen LogP contribution is 2.54. The molecule has 104 valence electrons. The summed E-state index contributed by atoms with van der Waals surface area (Å²) >= 11 is 0. The summed E-state index contributed by atoms with van der Waals surface area (Å²) in [6.45, 7) is 0. The molecule has 1 aromatic rings. The number of hydrogen-bond acceptors (Lipinski definition) is 3. The smallest absolute Gasteiger partial charge is 0.116 e. The molecule has 2 saturated heterocycles. The van der Waals surface area contributed by atoms with E-state index in [1.807, 2.05) is 12.1 Å². The fraction of sp³-hybridized carbons (Fsp3) is 0.588. The van der Waals surface area contributed by atoms with Crippen LogP contribution in [-0.2, 0) is 4.74 Å². The molecule has 3 fully saturated rings. The van der Waals surface area contributed by atoms with Crippen molar-refractivity contribution < 1.29 is 9.84 Å². The van der Waals surface area contributed by atoms with Gasteiger partial charge in [-0.15, -0.1) is 0 Å². The second-order valence-corrected chi connectivity index (χ2v) is 6.53. The number of nitriles is 1. The van der Waals surface area contributed by atoms with Gasteiger partial charge in [-0.2, -0.15) is 5.26 Å². The Morgan fingerprint density at radius 2 is 2.15 bits per heavy atom. The van der Waals surface area contributed by atoms with Gasteiger partial charge in [0.2, 0.25) is 0 Å². The van der Waals surface area contributed by atoms with Gasteiger partial charge in [-0.1, -0.05) is 24.3 Å². The van der Waals surface area contributed by atoms with E-state index in [1.165, 1.54) is 18.4 Å². The molecule has 2 heterocycles. The highest BCUT2D eigenvalue weighted by molar-refractivity contribution is 5.33. The summed E-state index contributed by atoms with van der Waals surface area (Å²) in [6.07, 6.45) is 4.43. The number of nitrogens with zero attached hydrogens (tertiary/aromatic N) is 1. The number of aliphatic hydroxyl groups is 1. The van der Waals surface area contributed by atoms with Crippen LogP contribution in [0.15, 0.2) is 24.3 Å². The maximum atomic E-state index is 10.8. The van der Waals surface area contributed by atoms with E-state index in [0.29, 0.717) is 12.3 Å². The zero-order valence-electron chi connectivity index (χ0n) is 11.5. The lowest BCUT2D eigenvalue weighted by molar-refractivity contribution is 0.00338. The first-order chi connectivity index (χ1) is 9.73. The van der Waals surface area contributed by atoms with Gasteiger partial charge in [-0.05, 0) is 49.1 Å². The zero-order valence-corrected chi connectivity index (χ0v) is 11.5. The average Bonchev–Trinajstić information content (AvgIpc) is 3.16. The highest BCUT2D eigenvalue weighted by Gasteiger charge is 2.57. The third-order valence-electron chi connectivity index (χ3n) is 5.22. The molecule has 4 rings (SSSR count). The minimum atomic E-state index is -0.745. The van der Waals surface area contributed by atoms with Gasteiger partial charge in [0.1, 0.15) is 11.5 Å². The van der Waals surface area contributed by atoms with Crippen LogP contribution < -0.4 is 0 Å². The third kappa shape index (κ3) is 1.72. The van der Waals surface area contributed by atoms with E-state index in [2.05, 4.69) is 18.2 Å². The Hall–Kier alpha value is -1.37. The first kappa shape index (κ1) is 12.4. The Morgan fingerprint density at radius 3 is 2.75 bits per heavy atom. The van der Waals surface area contributed by atoms with E-state index in [1.54, 1.807) is 0 Å². The van der Waals surface area contributed by atoms with E-state index in [4.69, 9.17) is 4.74 Å². The van der Waals surface area contributed by atoms with Gasteiger partial charge in [-0.3, -0.25) is 0 Å². The normalized spacial score (nSPS) is 36.8. The Kier molecular flexibility index (Phi) is 2.67. The lowest BCUT2D eigenvalue weighted by Crippen LogP contribution is -2.37. The van der Waals surface area contributed by atoms with Crippen molar-refractivity contribution in [1.82, 2.24) is 0 Å². The van der Waals surface area contributed by atoms with Crippen molar-refractivity contribution in [2.75, 3.05) is 0 Å².